The molecule has 0 aliphatic rings. The second kappa shape index (κ2) is 66.8. The van der Waals surface area contributed by atoms with Crippen LogP contribution in [0, 0.1) is 0 Å². The molecule has 0 aromatic heterocycles. The summed E-state index contributed by atoms with van der Waals surface area (Å²) in [6.45, 7) is 3.66. The Kier molecular flexibility index (Phi) is 64.1. The minimum absolute atomic E-state index is 0.0505. The summed E-state index contributed by atoms with van der Waals surface area (Å²) in [7, 11) is -4.40. The predicted molar refractivity (Wildman–Crippen MR) is 353 cm³/mol. The molecule has 0 aliphatic carbocycles. The lowest BCUT2D eigenvalue weighted by atomic mass is 10.0. The zero-order valence-corrected chi connectivity index (χ0v) is 53.8. The van der Waals surface area contributed by atoms with Gasteiger partial charge in [0, 0.05) is 19.4 Å². The lowest BCUT2D eigenvalue weighted by molar-refractivity contribution is -0.161. The van der Waals surface area contributed by atoms with E-state index < -0.39 is 26.5 Å². The van der Waals surface area contributed by atoms with E-state index in [1.54, 1.807) is 0 Å². The third kappa shape index (κ3) is 65.8. The third-order valence-corrected chi connectivity index (χ3v) is 15.4. The maximum absolute atomic E-state index is 12.8. The van der Waals surface area contributed by atoms with Crippen molar-refractivity contribution in [1.82, 2.24) is 0 Å². The molecule has 0 bridgehead atoms. The third-order valence-electron chi connectivity index (χ3n) is 14.4. The topological polar surface area (TPSA) is 134 Å². The number of carbonyl (C=O) groups is 2. The highest BCUT2D eigenvalue weighted by atomic mass is 31.2. The van der Waals surface area contributed by atoms with Crippen molar-refractivity contribution in [2.45, 2.75) is 309 Å². The van der Waals surface area contributed by atoms with E-state index in [0.717, 1.165) is 103 Å². The molecule has 2 unspecified atom stereocenters. The van der Waals surface area contributed by atoms with Gasteiger partial charge in [-0.05, 0) is 83.5 Å². The van der Waals surface area contributed by atoms with E-state index in [4.69, 9.17) is 24.3 Å². The molecule has 0 rings (SSSR count). The predicted octanol–water partition coefficient (Wildman–Crippen LogP) is 22.1. The molecule has 0 fully saturated rings. The van der Waals surface area contributed by atoms with Crippen LogP contribution < -0.4 is 5.73 Å². The molecule has 0 saturated carbocycles. The van der Waals surface area contributed by atoms with Crippen molar-refractivity contribution in [1.29, 1.82) is 0 Å². The van der Waals surface area contributed by atoms with Crippen molar-refractivity contribution in [3.8, 4) is 0 Å². The summed E-state index contributed by atoms with van der Waals surface area (Å²) in [6, 6.07) is 0. The number of hydrogen-bond acceptors (Lipinski definition) is 8. The lowest BCUT2D eigenvalue weighted by Gasteiger charge is -2.19. The van der Waals surface area contributed by atoms with Gasteiger partial charge >= 0.3 is 19.8 Å². The van der Waals surface area contributed by atoms with Gasteiger partial charge in [0.25, 0.3) is 0 Å². The van der Waals surface area contributed by atoms with Crippen molar-refractivity contribution in [2.24, 2.45) is 5.73 Å². The van der Waals surface area contributed by atoms with E-state index in [1.807, 2.05) is 0 Å². The Balaban J connectivity index is 3.92. The highest BCUT2D eigenvalue weighted by Crippen LogP contribution is 2.43. The van der Waals surface area contributed by atoms with Gasteiger partial charge in [-0.25, -0.2) is 4.57 Å². The Bertz CT molecular complexity index is 1710. The first-order valence-electron chi connectivity index (χ1n) is 33.9. The molecule has 0 saturated heterocycles. The van der Waals surface area contributed by atoms with Gasteiger partial charge < -0.3 is 20.1 Å². The van der Waals surface area contributed by atoms with Crippen LogP contribution in [0.15, 0.2) is 109 Å². The number of phosphoric ester groups is 1. The number of carbonyl (C=O) groups excluding carboxylic acids is 2. The van der Waals surface area contributed by atoms with Crippen LogP contribution >= 0.6 is 7.82 Å². The highest BCUT2D eigenvalue weighted by molar-refractivity contribution is 7.47. The Morgan fingerprint density at radius 2 is 0.671 bits per heavy atom. The van der Waals surface area contributed by atoms with Crippen LogP contribution in [-0.4, -0.2) is 49.3 Å². The number of unbranched alkanes of at least 4 members (excludes halogenated alkanes) is 32. The standard InChI is InChI=1S/C72H126NO8P/c1-3-5-7-9-11-13-15-17-19-21-23-25-27-28-29-30-31-32-33-34-35-36-37-38-39-40-41-42-43-45-47-49-51-53-55-57-59-61-63-65-72(75)81-70(69-80-82(76,77)79-67-66-73)68-78-71(74)64-62-60-58-56-54-52-50-48-46-44-26-24-22-20-18-16-14-12-10-8-6-4-2/h5,7,11,13,17,19,23,25,28-29,31-32,34-35,37-38,40-41,70H,3-4,6,8-10,12,14-16,18,20-22,24,26-27,30,33,36,39,42-69,73H2,1-2H3,(H,76,77)/b7-5-,13-11-,19-17-,25-23-,29-28-,32-31-,35-34-,38-37-,41-40-. The Morgan fingerprint density at radius 1 is 0.378 bits per heavy atom. The maximum atomic E-state index is 12.8. The summed E-state index contributed by atoms with van der Waals surface area (Å²) in [6.07, 6.45) is 91.7. The van der Waals surface area contributed by atoms with Gasteiger partial charge in [0.05, 0.1) is 13.2 Å². The molecule has 472 valence electrons. The van der Waals surface area contributed by atoms with Crippen molar-refractivity contribution in [3.05, 3.63) is 109 Å². The van der Waals surface area contributed by atoms with Crippen LogP contribution in [0.2, 0.25) is 0 Å². The number of allylic oxidation sites excluding steroid dienone is 18. The molecule has 0 aromatic rings. The molecule has 9 nitrogen and oxygen atoms in total. The van der Waals surface area contributed by atoms with Gasteiger partial charge in [-0.3, -0.25) is 18.6 Å². The normalized spacial score (nSPS) is 13.7. The molecular formula is C72H126NO8P. The van der Waals surface area contributed by atoms with Crippen LogP contribution in [0.3, 0.4) is 0 Å². The van der Waals surface area contributed by atoms with Gasteiger partial charge in [-0.1, -0.05) is 316 Å². The summed E-state index contributed by atoms with van der Waals surface area (Å²) in [4.78, 5) is 35.3. The van der Waals surface area contributed by atoms with Crippen molar-refractivity contribution < 1.29 is 37.6 Å². The summed E-state index contributed by atoms with van der Waals surface area (Å²) in [5, 5.41) is 0. The number of hydrogen-bond donors (Lipinski definition) is 2. The number of nitrogens with two attached hydrogens (primary N) is 1. The van der Waals surface area contributed by atoms with Gasteiger partial charge in [-0.2, -0.15) is 0 Å². The number of esters is 2. The van der Waals surface area contributed by atoms with Crippen LogP contribution in [-0.2, 0) is 32.7 Å². The van der Waals surface area contributed by atoms with E-state index in [0.29, 0.717) is 6.42 Å². The average Bonchev–Trinajstić information content (AvgIpc) is 3.48. The summed E-state index contributed by atoms with van der Waals surface area (Å²) in [5.41, 5.74) is 5.40. The molecule has 0 radical (unpaired) electrons. The van der Waals surface area contributed by atoms with E-state index in [-0.39, 0.29) is 38.6 Å². The average molecular weight is 1160 g/mol. The second-order valence-electron chi connectivity index (χ2n) is 22.3. The molecular weight excluding hydrogens is 1040 g/mol. The van der Waals surface area contributed by atoms with E-state index in [2.05, 4.69) is 123 Å². The molecule has 0 amide bonds. The molecule has 2 atom stereocenters. The quantitative estimate of drug-likeness (QED) is 0.0264. The minimum Gasteiger partial charge on any atom is -0.462 e. The van der Waals surface area contributed by atoms with Crippen LogP contribution in [0.1, 0.15) is 303 Å². The van der Waals surface area contributed by atoms with Gasteiger partial charge in [0.1, 0.15) is 6.61 Å². The summed E-state index contributed by atoms with van der Waals surface area (Å²) in [5.74, 6) is -0.823. The first-order chi connectivity index (χ1) is 40.3. The fraction of sp³-hybridized carbons (Fsp3) is 0.722. The monoisotopic (exact) mass is 1160 g/mol. The van der Waals surface area contributed by atoms with Crippen molar-refractivity contribution in [3.63, 3.8) is 0 Å². The van der Waals surface area contributed by atoms with Crippen LogP contribution in [0.5, 0.6) is 0 Å². The second-order valence-corrected chi connectivity index (χ2v) is 23.8. The molecule has 0 aromatic carbocycles. The largest absolute Gasteiger partial charge is 0.472 e. The molecule has 10 heteroatoms. The molecule has 0 spiro atoms. The van der Waals surface area contributed by atoms with Gasteiger partial charge in [-0.15, -0.1) is 0 Å². The van der Waals surface area contributed by atoms with E-state index >= 15 is 0 Å². The fourth-order valence-electron chi connectivity index (χ4n) is 9.45. The number of phosphoric acid groups is 1. The van der Waals surface area contributed by atoms with Crippen molar-refractivity contribution in [2.75, 3.05) is 26.4 Å². The Hall–Kier alpha value is -3.33. The Labute approximate surface area is 505 Å². The van der Waals surface area contributed by atoms with E-state index in [9.17, 15) is 19.0 Å². The summed E-state index contributed by atoms with van der Waals surface area (Å²) < 4.78 is 33.1. The highest BCUT2D eigenvalue weighted by Gasteiger charge is 2.26. The van der Waals surface area contributed by atoms with Crippen LogP contribution in [0.25, 0.3) is 0 Å². The first kappa shape index (κ1) is 78.7. The smallest absolute Gasteiger partial charge is 0.462 e. The van der Waals surface area contributed by atoms with Gasteiger partial charge in [0.15, 0.2) is 6.10 Å². The maximum Gasteiger partial charge on any atom is 0.472 e. The van der Waals surface area contributed by atoms with E-state index in [1.165, 1.54) is 167 Å². The van der Waals surface area contributed by atoms with Crippen molar-refractivity contribution >= 4 is 19.8 Å². The summed E-state index contributed by atoms with van der Waals surface area (Å²) >= 11 is 0. The SMILES string of the molecule is CC/C=C\C/C=C\C/C=C\C/C=C\C/C=C\C/C=C\C/C=C\C/C=C\C/C=C\CCCCCCCCCCCCCC(=O)OC(COC(=O)CCCCCCCCCCCCCCCCCCCCCCCC)COP(=O)(O)OCCN. The number of ether oxygens (including phenoxy) is 2. The Morgan fingerprint density at radius 3 is 1.00 bits per heavy atom. The molecule has 82 heavy (non-hydrogen) atoms. The zero-order chi connectivity index (χ0) is 59.4. The lowest BCUT2D eigenvalue weighted by Crippen LogP contribution is -2.29. The van der Waals surface area contributed by atoms with Crippen LogP contribution in [0.4, 0.5) is 0 Å². The first-order valence-corrected chi connectivity index (χ1v) is 35.4. The fourth-order valence-corrected chi connectivity index (χ4v) is 10.2. The molecule has 0 heterocycles. The molecule has 3 N–H and O–H groups in total. The minimum atomic E-state index is -4.40. The number of rotatable bonds is 63. The van der Waals surface area contributed by atoms with Gasteiger partial charge in [0.2, 0.25) is 0 Å². The molecule has 0 aliphatic heterocycles. The zero-order valence-electron chi connectivity index (χ0n) is 52.9.